The Kier molecular flexibility index (Phi) is 12.9. The number of unbranched alkanes of at least 4 members (excludes halogenated alkanes) is 2. The minimum Gasteiger partial charge on any atom is -0.497 e. The number of carbonyl (C=O) groups excluding carboxylic acids is 4. The highest BCUT2D eigenvalue weighted by atomic mass is 32.2. The topological polar surface area (TPSA) is 99.7 Å². The first kappa shape index (κ1) is 36.6. The van der Waals surface area contributed by atoms with Crippen molar-refractivity contribution >= 4 is 92.4 Å². The van der Waals surface area contributed by atoms with E-state index in [1.165, 1.54) is 28.4 Å². The summed E-state index contributed by atoms with van der Waals surface area (Å²) < 4.78 is 11.4. The van der Waals surface area contributed by atoms with Gasteiger partial charge in [0.25, 0.3) is 11.8 Å². The lowest BCUT2D eigenvalue weighted by Crippen LogP contribution is -2.51. The zero-order valence-electron chi connectivity index (χ0n) is 27.4. The van der Waals surface area contributed by atoms with Crippen LogP contribution in [-0.2, 0) is 19.2 Å². The van der Waals surface area contributed by atoms with Gasteiger partial charge in [0.15, 0.2) is 0 Å². The zero-order chi connectivity index (χ0) is 34.9. The van der Waals surface area contributed by atoms with E-state index < -0.39 is 0 Å². The van der Waals surface area contributed by atoms with Gasteiger partial charge in [-0.2, -0.15) is 0 Å². The molecule has 10 nitrogen and oxygen atoms in total. The van der Waals surface area contributed by atoms with Gasteiger partial charge in [0.05, 0.1) is 24.0 Å². The second kappa shape index (κ2) is 17.3. The number of benzene rings is 2. The average molecular weight is 739 g/mol. The molecule has 0 bridgehead atoms. The van der Waals surface area contributed by atoms with Crippen molar-refractivity contribution in [3.05, 3.63) is 69.5 Å². The Balaban J connectivity index is 0.978. The van der Waals surface area contributed by atoms with E-state index in [9.17, 15) is 19.2 Å². The van der Waals surface area contributed by atoms with Crippen LogP contribution in [0, 0.1) is 0 Å². The number of hydrogen-bond donors (Lipinski definition) is 0. The van der Waals surface area contributed by atoms with E-state index >= 15 is 0 Å². The minimum absolute atomic E-state index is 0.0603. The number of ether oxygens (including phenoxy) is 2. The predicted octanol–water partition coefficient (Wildman–Crippen LogP) is 5.43. The molecule has 0 N–H and O–H groups in total. The Morgan fingerprint density at radius 2 is 1.08 bits per heavy atom. The fourth-order valence-electron chi connectivity index (χ4n) is 5.54. The lowest BCUT2D eigenvalue weighted by molar-refractivity contribution is -0.140. The second-order valence-corrected chi connectivity index (χ2v) is 14.9. The van der Waals surface area contributed by atoms with Crippen molar-refractivity contribution < 1.29 is 28.7 Å². The molecule has 2 aromatic carbocycles. The van der Waals surface area contributed by atoms with Crippen molar-refractivity contribution in [3.8, 4) is 11.5 Å². The van der Waals surface area contributed by atoms with Crippen molar-refractivity contribution in [1.29, 1.82) is 0 Å². The SMILES string of the molecule is COc1ccc(C=C2SC(=S)N(CCCCCC(=O)N3CCN(C(=O)CCN4C(=O)C(=Cc5ccc(OC)cc5)SC4=S)CC3)C2=O)cc1. The van der Waals surface area contributed by atoms with E-state index in [-0.39, 0.29) is 36.6 Å². The van der Waals surface area contributed by atoms with Crippen molar-refractivity contribution in [1.82, 2.24) is 19.6 Å². The van der Waals surface area contributed by atoms with Gasteiger partial charge in [0, 0.05) is 52.1 Å². The monoisotopic (exact) mass is 738 g/mol. The van der Waals surface area contributed by atoms with Crippen LogP contribution in [0.3, 0.4) is 0 Å². The molecule has 14 heteroatoms. The normalized spacial score (nSPS) is 18.3. The molecular formula is C35H38N4O6S4. The first-order valence-corrected chi connectivity index (χ1v) is 18.5. The molecule has 258 valence electrons. The third kappa shape index (κ3) is 9.50. The highest BCUT2D eigenvalue weighted by molar-refractivity contribution is 8.27. The molecule has 49 heavy (non-hydrogen) atoms. The van der Waals surface area contributed by atoms with Crippen LogP contribution in [0.2, 0.25) is 0 Å². The lowest BCUT2D eigenvalue weighted by Gasteiger charge is -2.35. The molecule has 3 heterocycles. The highest BCUT2D eigenvalue weighted by Crippen LogP contribution is 2.34. The molecule has 3 aliphatic rings. The summed E-state index contributed by atoms with van der Waals surface area (Å²) in [6.07, 6.45) is 6.47. The number of amides is 4. The Hall–Kier alpha value is -3.72. The number of thioether (sulfide) groups is 2. The van der Waals surface area contributed by atoms with E-state index in [1.54, 1.807) is 30.1 Å². The van der Waals surface area contributed by atoms with Gasteiger partial charge in [-0.25, -0.2) is 0 Å². The summed E-state index contributed by atoms with van der Waals surface area (Å²) in [5, 5.41) is 0. The molecule has 0 atom stereocenters. The van der Waals surface area contributed by atoms with Gasteiger partial charge >= 0.3 is 0 Å². The first-order valence-electron chi connectivity index (χ1n) is 16.0. The van der Waals surface area contributed by atoms with Crippen LogP contribution in [-0.4, -0.2) is 105 Å². The van der Waals surface area contributed by atoms with Crippen LogP contribution in [0.15, 0.2) is 58.3 Å². The first-order chi connectivity index (χ1) is 23.7. The van der Waals surface area contributed by atoms with Crippen molar-refractivity contribution in [2.75, 3.05) is 53.5 Å². The fraction of sp³-hybridized carbons (Fsp3) is 0.371. The maximum absolute atomic E-state index is 13.0. The van der Waals surface area contributed by atoms with Gasteiger partial charge in [-0.15, -0.1) is 0 Å². The summed E-state index contributed by atoms with van der Waals surface area (Å²) in [5.41, 5.74) is 1.76. The predicted molar refractivity (Wildman–Crippen MR) is 202 cm³/mol. The lowest BCUT2D eigenvalue weighted by atomic mass is 10.1. The smallest absolute Gasteiger partial charge is 0.266 e. The van der Waals surface area contributed by atoms with Crippen LogP contribution >= 0.6 is 48.0 Å². The summed E-state index contributed by atoms with van der Waals surface area (Å²) in [6, 6.07) is 14.9. The van der Waals surface area contributed by atoms with Crippen molar-refractivity contribution in [2.45, 2.75) is 32.1 Å². The van der Waals surface area contributed by atoms with Gasteiger partial charge in [0.2, 0.25) is 11.8 Å². The quantitative estimate of drug-likeness (QED) is 0.150. The average Bonchev–Trinajstić information content (AvgIpc) is 3.54. The summed E-state index contributed by atoms with van der Waals surface area (Å²) in [7, 11) is 3.21. The van der Waals surface area contributed by atoms with Crippen LogP contribution in [0.25, 0.3) is 12.2 Å². The zero-order valence-corrected chi connectivity index (χ0v) is 30.7. The van der Waals surface area contributed by atoms with E-state index in [4.69, 9.17) is 33.9 Å². The number of hydrogen-bond acceptors (Lipinski definition) is 10. The molecule has 0 spiro atoms. The molecule has 4 amide bonds. The maximum Gasteiger partial charge on any atom is 0.266 e. The number of piperazine rings is 1. The molecule has 3 fully saturated rings. The van der Waals surface area contributed by atoms with Crippen LogP contribution in [0.1, 0.15) is 43.2 Å². The number of rotatable bonds is 13. The Bertz CT molecular complexity index is 1650. The van der Waals surface area contributed by atoms with Crippen LogP contribution in [0.5, 0.6) is 11.5 Å². The number of thiocarbonyl (C=S) groups is 2. The number of carbonyl (C=O) groups is 4. The molecule has 0 aliphatic carbocycles. The molecule has 0 saturated carbocycles. The minimum atomic E-state index is -0.200. The summed E-state index contributed by atoms with van der Waals surface area (Å²) >= 11 is 13.4. The van der Waals surface area contributed by atoms with Crippen LogP contribution < -0.4 is 9.47 Å². The van der Waals surface area contributed by atoms with E-state index in [0.29, 0.717) is 64.0 Å². The van der Waals surface area contributed by atoms with Gasteiger partial charge in [-0.3, -0.25) is 29.0 Å². The molecule has 5 rings (SSSR count). The van der Waals surface area contributed by atoms with E-state index in [0.717, 1.165) is 35.5 Å². The Labute approximate surface area is 305 Å². The van der Waals surface area contributed by atoms with Gasteiger partial charge in [0.1, 0.15) is 20.1 Å². The molecule has 0 radical (unpaired) electrons. The standard InChI is InChI=1S/C35H38N4O6S4/c1-44-26-11-7-24(8-12-26)22-28-32(42)38(34(46)48-28)16-5-3-4-6-30(40)36-18-20-37(21-19-36)31(41)15-17-39-33(43)29(49-35(39)47)23-25-9-13-27(45-2)14-10-25/h7-14,22-23H,3-6,15-21H2,1-2H3. The number of nitrogens with zero attached hydrogens (tertiary/aromatic N) is 4. The molecule has 2 aromatic rings. The second-order valence-electron chi connectivity index (χ2n) is 11.5. The molecular weight excluding hydrogens is 701 g/mol. The van der Waals surface area contributed by atoms with Gasteiger partial charge in [-0.1, -0.05) is 78.6 Å². The van der Waals surface area contributed by atoms with Crippen molar-refractivity contribution in [3.63, 3.8) is 0 Å². The van der Waals surface area contributed by atoms with Gasteiger partial charge < -0.3 is 19.3 Å². The molecule has 0 unspecified atom stereocenters. The maximum atomic E-state index is 13.0. The Morgan fingerprint density at radius 3 is 1.53 bits per heavy atom. The Morgan fingerprint density at radius 1 is 0.653 bits per heavy atom. The van der Waals surface area contributed by atoms with Gasteiger partial charge in [-0.05, 0) is 60.4 Å². The van der Waals surface area contributed by atoms with E-state index in [1.807, 2.05) is 59.5 Å². The molecule has 3 aliphatic heterocycles. The van der Waals surface area contributed by atoms with Crippen LogP contribution in [0.4, 0.5) is 0 Å². The summed E-state index contributed by atoms with van der Waals surface area (Å²) in [5.74, 6) is 1.21. The number of methoxy groups -OCH3 is 2. The summed E-state index contributed by atoms with van der Waals surface area (Å²) in [4.78, 5) is 59.6. The molecule has 0 aromatic heterocycles. The van der Waals surface area contributed by atoms with E-state index in [2.05, 4.69) is 0 Å². The fourth-order valence-corrected chi connectivity index (χ4v) is 8.16. The molecule has 3 saturated heterocycles. The van der Waals surface area contributed by atoms with Crippen molar-refractivity contribution in [2.24, 2.45) is 0 Å². The largest absolute Gasteiger partial charge is 0.497 e. The highest BCUT2D eigenvalue weighted by Gasteiger charge is 2.33. The third-order valence-corrected chi connectivity index (χ3v) is 11.1. The third-order valence-electron chi connectivity index (χ3n) is 8.38. The summed E-state index contributed by atoms with van der Waals surface area (Å²) in [6.45, 7) is 2.61.